The number of hydrogen-bond donors (Lipinski definition) is 0. The van der Waals surface area contributed by atoms with E-state index in [0.717, 1.165) is 49.5 Å². The number of hydrogen-bond acceptors (Lipinski definition) is 5. The Hall–Kier alpha value is -2.90. The third kappa shape index (κ3) is 3.38. The molecule has 31 heavy (non-hydrogen) atoms. The molecular formula is C24H16BrN3O2S. The third-order valence-corrected chi connectivity index (χ3v) is 7.11. The second-order valence-corrected chi connectivity index (χ2v) is 9.62. The summed E-state index contributed by atoms with van der Waals surface area (Å²) in [6.45, 7) is 0. The predicted octanol–water partition coefficient (Wildman–Crippen LogP) is 6.44. The fraction of sp³-hybridized carbons (Fsp3) is 0.125. The predicted molar refractivity (Wildman–Crippen MR) is 123 cm³/mol. The fourth-order valence-corrected chi connectivity index (χ4v) is 5.14. The van der Waals surface area contributed by atoms with E-state index in [1.807, 2.05) is 65.6 Å². The Kier molecular flexibility index (Phi) is 4.47. The molecule has 1 fully saturated rings. The minimum Gasteiger partial charge on any atom is -0.334 e. The zero-order valence-corrected chi connectivity index (χ0v) is 18.7. The van der Waals surface area contributed by atoms with Gasteiger partial charge in [-0.2, -0.15) is 4.98 Å². The van der Waals surface area contributed by atoms with E-state index in [2.05, 4.69) is 32.1 Å². The number of aromatic nitrogens is 2. The Bertz CT molecular complexity index is 1310. The summed E-state index contributed by atoms with van der Waals surface area (Å²) in [5.74, 6) is 1.09. The van der Waals surface area contributed by atoms with Crippen LogP contribution in [0.1, 0.15) is 23.2 Å². The van der Waals surface area contributed by atoms with E-state index < -0.39 is 0 Å². The summed E-state index contributed by atoms with van der Waals surface area (Å²) in [7, 11) is 0. The smallest absolute Gasteiger partial charge is 0.259 e. The van der Waals surface area contributed by atoms with E-state index in [4.69, 9.17) is 4.52 Å². The molecule has 0 atom stereocenters. The monoisotopic (exact) mass is 489 g/mol. The van der Waals surface area contributed by atoms with Crippen LogP contribution in [0, 0.1) is 0 Å². The minimum absolute atomic E-state index is 0.0779. The van der Waals surface area contributed by atoms with Gasteiger partial charge in [0.1, 0.15) is 0 Å². The molecule has 5 nitrogen and oxygen atoms in total. The van der Waals surface area contributed by atoms with Crippen molar-refractivity contribution in [2.45, 2.75) is 28.7 Å². The molecule has 6 rings (SSSR count). The SMILES string of the molecule is O=C1c2ccccc2Sc2cc(-c3noc(-c4ccc(Br)cc4)n3)ccc2N1C1CC1. The molecule has 7 heteroatoms. The minimum atomic E-state index is 0.0779. The zero-order valence-electron chi connectivity index (χ0n) is 16.3. The first-order chi connectivity index (χ1) is 15.2. The van der Waals surface area contributed by atoms with E-state index >= 15 is 0 Å². The Morgan fingerprint density at radius 3 is 2.55 bits per heavy atom. The van der Waals surface area contributed by atoms with Gasteiger partial charge in [-0.05, 0) is 67.4 Å². The molecule has 0 saturated heterocycles. The summed E-state index contributed by atoms with van der Waals surface area (Å²) >= 11 is 5.06. The van der Waals surface area contributed by atoms with E-state index in [1.165, 1.54) is 0 Å². The number of carbonyl (C=O) groups excluding carboxylic acids is 1. The van der Waals surface area contributed by atoms with Gasteiger partial charge < -0.3 is 9.42 Å². The maximum atomic E-state index is 13.3. The molecule has 1 amide bonds. The van der Waals surface area contributed by atoms with Crippen LogP contribution in [0.15, 0.2) is 85.5 Å². The van der Waals surface area contributed by atoms with Crippen LogP contribution in [0.2, 0.25) is 0 Å². The number of carbonyl (C=O) groups is 1. The van der Waals surface area contributed by atoms with Gasteiger partial charge >= 0.3 is 0 Å². The molecule has 1 aliphatic carbocycles. The third-order valence-electron chi connectivity index (χ3n) is 5.46. The Labute approximate surface area is 191 Å². The molecule has 2 aliphatic rings. The number of nitrogens with zero attached hydrogens (tertiary/aromatic N) is 3. The summed E-state index contributed by atoms with van der Waals surface area (Å²) in [5, 5.41) is 4.20. The highest BCUT2D eigenvalue weighted by molar-refractivity contribution is 9.10. The van der Waals surface area contributed by atoms with Crippen molar-refractivity contribution in [2.24, 2.45) is 0 Å². The number of benzene rings is 3. The van der Waals surface area contributed by atoms with Crippen molar-refractivity contribution in [3.05, 3.63) is 76.8 Å². The molecule has 1 saturated carbocycles. The largest absolute Gasteiger partial charge is 0.334 e. The molecular weight excluding hydrogens is 474 g/mol. The molecule has 0 bridgehead atoms. The number of fused-ring (bicyclic) bond motifs is 2. The second kappa shape index (κ2) is 7.35. The number of amides is 1. The highest BCUT2D eigenvalue weighted by Gasteiger charge is 2.38. The maximum absolute atomic E-state index is 13.3. The van der Waals surface area contributed by atoms with Gasteiger partial charge in [-0.1, -0.05) is 45.0 Å². The fourth-order valence-electron chi connectivity index (χ4n) is 3.77. The van der Waals surface area contributed by atoms with Crippen LogP contribution in [0.25, 0.3) is 22.8 Å². The Morgan fingerprint density at radius 1 is 0.968 bits per heavy atom. The lowest BCUT2D eigenvalue weighted by molar-refractivity contribution is 0.0982. The highest BCUT2D eigenvalue weighted by Crippen LogP contribution is 2.46. The van der Waals surface area contributed by atoms with Gasteiger partial charge in [0.25, 0.3) is 11.8 Å². The van der Waals surface area contributed by atoms with E-state index in [-0.39, 0.29) is 11.9 Å². The van der Waals surface area contributed by atoms with Crippen molar-refractivity contribution in [3.63, 3.8) is 0 Å². The summed E-state index contributed by atoms with van der Waals surface area (Å²) < 4.78 is 6.50. The quantitative estimate of drug-likeness (QED) is 0.331. The van der Waals surface area contributed by atoms with Gasteiger partial charge in [0, 0.05) is 31.4 Å². The van der Waals surface area contributed by atoms with Gasteiger partial charge in [-0.15, -0.1) is 0 Å². The lowest BCUT2D eigenvalue weighted by Gasteiger charge is -2.22. The van der Waals surface area contributed by atoms with E-state index in [9.17, 15) is 4.79 Å². The summed E-state index contributed by atoms with van der Waals surface area (Å²) in [6, 6.07) is 21.9. The number of rotatable bonds is 3. The average molecular weight is 490 g/mol. The van der Waals surface area contributed by atoms with Crippen LogP contribution < -0.4 is 4.90 Å². The van der Waals surface area contributed by atoms with Crippen LogP contribution in [0.5, 0.6) is 0 Å². The van der Waals surface area contributed by atoms with Crippen molar-refractivity contribution in [2.75, 3.05) is 4.90 Å². The van der Waals surface area contributed by atoms with Crippen LogP contribution in [0.4, 0.5) is 5.69 Å². The van der Waals surface area contributed by atoms with Gasteiger partial charge in [0.05, 0.1) is 11.3 Å². The molecule has 152 valence electrons. The van der Waals surface area contributed by atoms with Crippen LogP contribution >= 0.6 is 27.7 Å². The lowest BCUT2D eigenvalue weighted by atomic mass is 10.1. The molecule has 2 heterocycles. The first-order valence-electron chi connectivity index (χ1n) is 10.0. The molecule has 1 aliphatic heterocycles. The Morgan fingerprint density at radius 2 is 1.74 bits per heavy atom. The van der Waals surface area contributed by atoms with Crippen molar-refractivity contribution >= 4 is 39.3 Å². The van der Waals surface area contributed by atoms with Crippen molar-refractivity contribution in [1.29, 1.82) is 0 Å². The van der Waals surface area contributed by atoms with Crippen LogP contribution in [-0.2, 0) is 0 Å². The molecule has 1 aromatic heterocycles. The second-order valence-electron chi connectivity index (χ2n) is 7.62. The van der Waals surface area contributed by atoms with Gasteiger partial charge in [0.2, 0.25) is 5.82 Å². The topological polar surface area (TPSA) is 59.2 Å². The van der Waals surface area contributed by atoms with Crippen LogP contribution in [0.3, 0.4) is 0 Å². The highest BCUT2D eigenvalue weighted by atomic mass is 79.9. The Balaban J connectivity index is 1.42. The average Bonchev–Trinajstić information content (AvgIpc) is 3.52. The first-order valence-corrected chi connectivity index (χ1v) is 11.6. The van der Waals surface area contributed by atoms with Gasteiger partial charge in [0.15, 0.2) is 0 Å². The molecule has 0 radical (unpaired) electrons. The van der Waals surface area contributed by atoms with Crippen LogP contribution in [-0.4, -0.2) is 22.1 Å². The zero-order chi connectivity index (χ0) is 20.9. The standard InChI is InChI=1S/C24H16BrN3O2S/c25-16-8-5-14(6-9-16)23-26-22(27-30-23)15-7-12-19-21(13-15)31-20-4-2-1-3-18(20)24(29)28(19)17-10-11-17/h1-9,12-13,17H,10-11H2. The van der Waals surface area contributed by atoms with Gasteiger partial charge in [-0.25, -0.2) is 0 Å². The molecule has 0 N–H and O–H groups in total. The number of halogens is 1. The van der Waals surface area contributed by atoms with Crippen molar-refractivity contribution in [1.82, 2.24) is 10.1 Å². The summed E-state index contributed by atoms with van der Waals surface area (Å²) in [6.07, 6.45) is 2.09. The van der Waals surface area contributed by atoms with E-state index in [1.54, 1.807) is 11.8 Å². The number of anilines is 1. The normalized spacial score (nSPS) is 15.4. The van der Waals surface area contributed by atoms with E-state index in [0.29, 0.717) is 11.7 Å². The molecule has 4 aromatic rings. The summed E-state index contributed by atoms with van der Waals surface area (Å²) in [5.41, 5.74) is 3.44. The van der Waals surface area contributed by atoms with Crippen molar-refractivity contribution < 1.29 is 9.32 Å². The molecule has 0 unspecified atom stereocenters. The lowest BCUT2D eigenvalue weighted by Crippen LogP contribution is -2.32. The summed E-state index contributed by atoms with van der Waals surface area (Å²) in [4.78, 5) is 21.8. The molecule has 0 spiro atoms. The first kappa shape index (κ1) is 18.8. The van der Waals surface area contributed by atoms with Gasteiger partial charge in [-0.3, -0.25) is 4.79 Å². The molecule has 3 aromatic carbocycles. The maximum Gasteiger partial charge on any atom is 0.259 e. The van der Waals surface area contributed by atoms with Crippen molar-refractivity contribution in [3.8, 4) is 22.8 Å².